The summed E-state index contributed by atoms with van der Waals surface area (Å²) in [6.07, 6.45) is 2.04. The van der Waals surface area contributed by atoms with Crippen LogP contribution < -0.4 is 10.5 Å². The Kier molecular flexibility index (Phi) is 5.06. The second-order valence-electron chi connectivity index (χ2n) is 6.14. The minimum atomic E-state index is -3.52. The van der Waals surface area contributed by atoms with Crippen molar-refractivity contribution in [2.45, 2.75) is 30.7 Å². The van der Waals surface area contributed by atoms with E-state index in [0.29, 0.717) is 30.7 Å². The van der Waals surface area contributed by atoms with Gasteiger partial charge in [0, 0.05) is 19.1 Å². The van der Waals surface area contributed by atoms with Crippen LogP contribution in [-0.4, -0.2) is 39.0 Å². The predicted octanol–water partition coefficient (Wildman–Crippen LogP) is 1.78. The summed E-state index contributed by atoms with van der Waals surface area (Å²) in [4.78, 5) is 0.263. The van der Waals surface area contributed by atoms with Gasteiger partial charge < -0.3 is 10.5 Å². The van der Waals surface area contributed by atoms with E-state index in [1.807, 2.05) is 13.0 Å². The molecule has 3 atom stereocenters. The first kappa shape index (κ1) is 17.5. The minimum Gasteiger partial charge on any atom is -0.495 e. The summed E-state index contributed by atoms with van der Waals surface area (Å²) in [5.41, 5.74) is 7.01. The first-order chi connectivity index (χ1) is 9.93. The zero-order valence-corrected chi connectivity index (χ0v) is 14.5. The lowest BCUT2D eigenvalue weighted by Crippen LogP contribution is -2.33. The van der Waals surface area contributed by atoms with E-state index in [-0.39, 0.29) is 23.3 Å². The fraction of sp³-hybridized carbons (Fsp3) is 0.600. The summed E-state index contributed by atoms with van der Waals surface area (Å²) >= 11 is 0. The molecule has 0 aromatic heterocycles. The number of nitrogens with two attached hydrogens (primary N) is 1. The highest BCUT2D eigenvalue weighted by atomic mass is 35.5. The topological polar surface area (TPSA) is 72.6 Å². The van der Waals surface area contributed by atoms with Gasteiger partial charge in [-0.2, -0.15) is 4.31 Å². The second-order valence-corrected chi connectivity index (χ2v) is 8.05. The predicted molar refractivity (Wildman–Crippen MR) is 87.9 cm³/mol. The van der Waals surface area contributed by atoms with Crippen LogP contribution in [0, 0.1) is 18.8 Å². The summed E-state index contributed by atoms with van der Waals surface area (Å²) in [6.45, 7) is 3.00. The maximum Gasteiger partial charge on any atom is 0.246 e. The molecule has 1 aliphatic heterocycles. The normalized spacial score (nSPS) is 28.2. The third-order valence-electron chi connectivity index (χ3n) is 4.82. The highest BCUT2D eigenvalue weighted by molar-refractivity contribution is 7.89. The molecule has 1 aromatic carbocycles. The number of methoxy groups -OCH3 is 1. The Balaban J connectivity index is 0.00000176. The third kappa shape index (κ3) is 2.85. The Morgan fingerprint density at radius 1 is 1.27 bits per heavy atom. The van der Waals surface area contributed by atoms with Crippen LogP contribution in [0.1, 0.15) is 18.4 Å². The van der Waals surface area contributed by atoms with E-state index in [2.05, 4.69) is 0 Å². The molecule has 0 amide bonds. The number of sulfonamides is 1. The molecule has 0 bridgehead atoms. The van der Waals surface area contributed by atoms with Crippen LogP contribution in [0.4, 0.5) is 0 Å². The molecule has 3 unspecified atom stereocenters. The molecule has 3 rings (SSSR count). The molecule has 2 fully saturated rings. The molecule has 1 aliphatic carbocycles. The Hall–Kier alpha value is -0.820. The van der Waals surface area contributed by atoms with Gasteiger partial charge in [0.25, 0.3) is 0 Å². The smallest absolute Gasteiger partial charge is 0.246 e. The van der Waals surface area contributed by atoms with E-state index < -0.39 is 10.0 Å². The lowest BCUT2D eigenvalue weighted by atomic mass is 9.98. The molecule has 0 radical (unpaired) electrons. The SMILES string of the molecule is COc1ccc(C)cc1S(=O)(=O)N1CC2CCC(N)C2C1.Cl. The van der Waals surface area contributed by atoms with Gasteiger partial charge in [0.15, 0.2) is 0 Å². The Labute approximate surface area is 138 Å². The zero-order chi connectivity index (χ0) is 15.2. The van der Waals surface area contributed by atoms with Crippen LogP contribution in [0.5, 0.6) is 5.75 Å². The highest BCUT2D eigenvalue weighted by Gasteiger charge is 2.45. The number of rotatable bonds is 3. The van der Waals surface area contributed by atoms with Crippen molar-refractivity contribution in [1.82, 2.24) is 4.31 Å². The van der Waals surface area contributed by atoms with Gasteiger partial charge in [0.2, 0.25) is 10.0 Å². The Morgan fingerprint density at radius 2 is 2.00 bits per heavy atom. The number of nitrogens with zero attached hydrogens (tertiary/aromatic N) is 1. The van der Waals surface area contributed by atoms with Crippen molar-refractivity contribution >= 4 is 22.4 Å². The molecule has 2 aliphatic rings. The lowest BCUT2D eigenvalue weighted by Gasteiger charge is -2.20. The van der Waals surface area contributed by atoms with Gasteiger partial charge in [-0.15, -0.1) is 12.4 Å². The summed E-state index contributed by atoms with van der Waals surface area (Å²) in [5, 5.41) is 0. The number of fused-ring (bicyclic) bond motifs is 1. The highest BCUT2D eigenvalue weighted by Crippen LogP contribution is 2.40. The molecule has 7 heteroatoms. The molecule has 5 nitrogen and oxygen atoms in total. The average Bonchev–Trinajstić information content (AvgIpc) is 3.02. The third-order valence-corrected chi connectivity index (χ3v) is 6.67. The molecule has 1 saturated heterocycles. The molecule has 1 aromatic rings. The number of aryl methyl sites for hydroxylation is 1. The van der Waals surface area contributed by atoms with Gasteiger partial charge in [-0.3, -0.25) is 0 Å². The van der Waals surface area contributed by atoms with Crippen molar-refractivity contribution in [3.63, 3.8) is 0 Å². The van der Waals surface area contributed by atoms with Gasteiger partial charge in [-0.1, -0.05) is 6.07 Å². The maximum atomic E-state index is 12.9. The van der Waals surface area contributed by atoms with E-state index in [1.54, 1.807) is 16.4 Å². The first-order valence-electron chi connectivity index (χ1n) is 7.34. The van der Waals surface area contributed by atoms with E-state index >= 15 is 0 Å². The summed E-state index contributed by atoms with van der Waals surface area (Å²) in [6, 6.07) is 5.38. The number of hydrogen-bond donors (Lipinski definition) is 1. The van der Waals surface area contributed by atoms with Crippen LogP contribution >= 0.6 is 12.4 Å². The fourth-order valence-corrected chi connectivity index (χ4v) is 5.36. The maximum absolute atomic E-state index is 12.9. The van der Waals surface area contributed by atoms with Crippen LogP contribution in [-0.2, 0) is 10.0 Å². The van der Waals surface area contributed by atoms with Gasteiger partial charge in [0.05, 0.1) is 7.11 Å². The molecule has 1 saturated carbocycles. The monoisotopic (exact) mass is 346 g/mol. The number of halogens is 1. The molecular weight excluding hydrogens is 324 g/mol. The standard InChI is InChI=1S/C15H22N2O3S.ClH/c1-10-3-6-14(20-2)15(7-10)21(18,19)17-8-11-4-5-13(16)12(11)9-17;/h3,6-7,11-13H,4-5,8-9,16H2,1-2H3;1H. The van der Waals surface area contributed by atoms with Crippen molar-refractivity contribution in [3.05, 3.63) is 23.8 Å². The van der Waals surface area contributed by atoms with Gasteiger partial charge in [0.1, 0.15) is 10.6 Å². The van der Waals surface area contributed by atoms with Crippen LogP contribution in [0.3, 0.4) is 0 Å². The quantitative estimate of drug-likeness (QED) is 0.905. The van der Waals surface area contributed by atoms with E-state index in [1.165, 1.54) is 7.11 Å². The molecular formula is C15H23ClN2O3S. The molecule has 2 N–H and O–H groups in total. The van der Waals surface area contributed by atoms with Crippen molar-refractivity contribution in [2.24, 2.45) is 17.6 Å². The van der Waals surface area contributed by atoms with E-state index in [4.69, 9.17) is 10.5 Å². The number of ether oxygens (including phenoxy) is 1. The van der Waals surface area contributed by atoms with Crippen molar-refractivity contribution in [3.8, 4) is 5.75 Å². The van der Waals surface area contributed by atoms with Crippen molar-refractivity contribution < 1.29 is 13.2 Å². The fourth-order valence-electron chi connectivity index (χ4n) is 3.59. The summed E-state index contributed by atoms with van der Waals surface area (Å²) < 4.78 is 32.6. The van der Waals surface area contributed by atoms with Crippen LogP contribution in [0.25, 0.3) is 0 Å². The molecule has 22 heavy (non-hydrogen) atoms. The molecule has 0 spiro atoms. The van der Waals surface area contributed by atoms with Crippen molar-refractivity contribution in [1.29, 1.82) is 0 Å². The minimum absolute atomic E-state index is 0. The molecule has 124 valence electrons. The lowest BCUT2D eigenvalue weighted by molar-refractivity contribution is 0.394. The largest absolute Gasteiger partial charge is 0.495 e. The first-order valence-corrected chi connectivity index (χ1v) is 8.78. The van der Waals surface area contributed by atoms with E-state index in [9.17, 15) is 8.42 Å². The average molecular weight is 347 g/mol. The van der Waals surface area contributed by atoms with Crippen LogP contribution in [0.15, 0.2) is 23.1 Å². The number of benzene rings is 1. The molecule has 1 heterocycles. The summed E-state index contributed by atoms with van der Waals surface area (Å²) in [7, 11) is -2.02. The van der Waals surface area contributed by atoms with Gasteiger partial charge >= 0.3 is 0 Å². The van der Waals surface area contributed by atoms with E-state index in [0.717, 1.165) is 18.4 Å². The Morgan fingerprint density at radius 3 is 2.64 bits per heavy atom. The number of hydrogen-bond acceptors (Lipinski definition) is 4. The summed E-state index contributed by atoms with van der Waals surface area (Å²) in [5.74, 6) is 1.11. The van der Waals surface area contributed by atoms with Gasteiger partial charge in [-0.05, 0) is 49.3 Å². The second kappa shape index (κ2) is 6.35. The Bertz CT molecular complexity index is 650. The van der Waals surface area contributed by atoms with Gasteiger partial charge in [-0.25, -0.2) is 8.42 Å². The van der Waals surface area contributed by atoms with Crippen molar-refractivity contribution in [2.75, 3.05) is 20.2 Å². The zero-order valence-electron chi connectivity index (χ0n) is 12.9. The van der Waals surface area contributed by atoms with Crippen LogP contribution in [0.2, 0.25) is 0 Å².